The molecular weight excluding hydrogens is 286 g/mol. The van der Waals surface area contributed by atoms with Crippen LogP contribution in [0.25, 0.3) is 0 Å². The number of halogens is 1. The minimum absolute atomic E-state index is 0.147. The van der Waals surface area contributed by atoms with Crippen molar-refractivity contribution in [2.75, 3.05) is 13.7 Å². The normalized spacial score (nSPS) is 12.5. The minimum Gasteiger partial charge on any atom is -0.462 e. The summed E-state index contributed by atoms with van der Waals surface area (Å²) in [7, 11) is 1.67. The molecule has 1 aromatic carbocycles. The molecule has 0 spiro atoms. The molecule has 2 rings (SSSR count). The van der Waals surface area contributed by atoms with Crippen molar-refractivity contribution in [3.05, 3.63) is 58.5 Å². The Hall–Kier alpha value is -1.29. The zero-order chi connectivity index (χ0) is 15.1. The van der Waals surface area contributed by atoms with Crippen molar-refractivity contribution in [3.8, 4) is 0 Å². The number of methoxy groups -OCH3 is 1. The van der Waals surface area contributed by atoms with E-state index in [4.69, 9.17) is 20.8 Å². The van der Waals surface area contributed by atoms with Crippen molar-refractivity contribution in [1.29, 1.82) is 0 Å². The van der Waals surface area contributed by atoms with E-state index in [1.807, 2.05) is 30.3 Å². The Labute approximate surface area is 131 Å². The Morgan fingerprint density at radius 1 is 1.29 bits per heavy atom. The predicted molar refractivity (Wildman–Crippen MR) is 85.6 cm³/mol. The summed E-state index contributed by atoms with van der Waals surface area (Å²) in [5.41, 5.74) is 1.20. The molecular formula is C17H22ClNO2. The standard InChI is InChI=1S/C17H22ClNO2/c1-3-9-19-16(11-13-5-4-6-14(18)10-13)17-8-7-15(21-17)12-20-2/h4-8,10,16,19H,3,9,11-12H2,1-2H3. The van der Waals surface area contributed by atoms with Crippen molar-refractivity contribution in [3.63, 3.8) is 0 Å². The molecule has 1 unspecified atom stereocenters. The van der Waals surface area contributed by atoms with Crippen LogP contribution in [0.4, 0.5) is 0 Å². The monoisotopic (exact) mass is 307 g/mol. The first-order valence-electron chi connectivity index (χ1n) is 7.28. The van der Waals surface area contributed by atoms with Gasteiger partial charge in [-0.1, -0.05) is 30.7 Å². The highest BCUT2D eigenvalue weighted by molar-refractivity contribution is 6.30. The smallest absolute Gasteiger partial charge is 0.129 e. The molecule has 0 aliphatic carbocycles. The maximum atomic E-state index is 6.06. The van der Waals surface area contributed by atoms with Crippen LogP contribution in [0.1, 0.15) is 36.5 Å². The van der Waals surface area contributed by atoms with Crippen LogP contribution in [0.5, 0.6) is 0 Å². The number of nitrogens with one attached hydrogen (secondary N) is 1. The molecule has 0 saturated carbocycles. The van der Waals surface area contributed by atoms with E-state index in [0.29, 0.717) is 6.61 Å². The van der Waals surface area contributed by atoms with Gasteiger partial charge in [0, 0.05) is 12.1 Å². The molecule has 0 bridgehead atoms. The Morgan fingerprint density at radius 2 is 2.14 bits per heavy atom. The fourth-order valence-corrected chi connectivity index (χ4v) is 2.51. The summed E-state index contributed by atoms with van der Waals surface area (Å²) in [6, 6.07) is 12.1. The van der Waals surface area contributed by atoms with E-state index >= 15 is 0 Å². The number of ether oxygens (including phenoxy) is 1. The average Bonchev–Trinajstić information content (AvgIpc) is 2.92. The Balaban J connectivity index is 2.12. The van der Waals surface area contributed by atoms with Crippen LogP contribution in [0, 0.1) is 0 Å². The van der Waals surface area contributed by atoms with Crippen LogP contribution in [-0.2, 0) is 17.8 Å². The number of hydrogen-bond donors (Lipinski definition) is 1. The number of benzene rings is 1. The van der Waals surface area contributed by atoms with Crippen LogP contribution in [-0.4, -0.2) is 13.7 Å². The quantitative estimate of drug-likeness (QED) is 0.786. The highest BCUT2D eigenvalue weighted by atomic mass is 35.5. The molecule has 0 radical (unpaired) electrons. The van der Waals surface area contributed by atoms with Crippen molar-refractivity contribution in [2.45, 2.75) is 32.4 Å². The largest absolute Gasteiger partial charge is 0.462 e. The van der Waals surface area contributed by atoms with E-state index in [1.165, 1.54) is 5.56 Å². The van der Waals surface area contributed by atoms with E-state index in [-0.39, 0.29) is 6.04 Å². The summed E-state index contributed by atoms with van der Waals surface area (Å²) < 4.78 is 11.0. The summed E-state index contributed by atoms with van der Waals surface area (Å²) in [5, 5.41) is 4.30. The molecule has 0 fully saturated rings. The molecule has 1 aromatic heterocycles. The van der Waals surface area contributed by atoms with E-state index in [9.17, 15) is 0 Å². The zero-order valence-corrected chi connectivity index (χ0v) is 13.3. The molecule has 1 atom stereocenters. The third-order valence-electron chi connectivity index (χ3n) is 3.28. The third-order valence-corrected chi connectivity index (χ3v) is 3.52. The van der Waals surface area contributed by atoms with Crippen LogP contribution >= 0.6 is 11.6 Å². The van der Waals surface area contributed by atoms with Gasteiger partial charge < -0.3 is 14.5 Å². The lowest BCUT2D eigenvalue weighted by Gasteiger charge is -2.16. The van der Waals surface area contributed by atoms with Crippen molar-refractivity contribution in [2.24, 2.45) is 0 Å². The number of furan rings is 1. The molecule has 0 aliphatic rings. The Kier molecular flexibility index (Phi) is 6.30. The van der Waals surface area contributed by atoms with Crippen LogP contribution in [0.15, 0.2) is 40.8 Å². The van der Waals surface area contributed by atoms with Crippen molar-refractivity contribution >= 4 is 11.6 Å². The highest BCUT2D eigenvalue weighted by Crippen LogP contribution is 2.23. The number of hydrogen-bond acceptors (Lipinski definition) is 3. The van der Waals surface area contributed by atoms with E-state index in [0.717, 1.165) is 35.9 Å². The zero-order valence-electron chi connectivity index (χ0n) is 12.6. The predicted octanol–water partition coefficient (Wildman–Crippen LogP) is 4.36. The van der Waals surface area contributed by atoms with E-state index < -0.39 is 0 Å². The fourth-order valence-electron chi connectivity index (χ4n) is 2.29. The molecule has 21 heavy (non-hydrogen) atoms. The summed E-state index contributed by atoms with van der Waals surface area (Å²) >= 11 is 6.06. The molecule has 4 heteroatoms. The molecule has 0 amide bonds. The first kappa shape index (κ1) is 16.1. The van der Waals surface area contributed by atoms with Crippen LogP contribution < -0.4 is 5.32 Å². The second-order valence-corrected chi connectivity index (χ2v) is 5.51. The number of rotatable bonds is 8. The van der Waals surface area contributed by atoms with Crippen LogP contribution in [0.2, 0.25) is 5.02 Å². The van der Waals surface area contributed by atoms with Gasteiger partial charge in [-0.15, -0.1) is 0 Å². The Morgan fingerprint density at radius 3 is 2.86 bits per heavy atom. The summed E-state index contributed by atoms with van der Waals surface area (Å²) in [6.07, 6.45) is 1.93. The molecule has 0 aliphatic heterocycles. The maximum absolute atomic E-state index is 6.06. The van der Waals surface area contributed by atoms with Gasteiger partial charge in [0.25, 0.3) is 0 Å². The van der Waals surface area contributed by atoms with E-state index in [1.54, 1.807) is 7.11 Å². The highest BCUT2D eigenvalue weighted by Gasteiger charge is 2.16. The van der Waals surface area contributed by atoms with Gasteiger partial charge in [-0.25, -0.2) is 0 Å². The van der Waals surface area contributed by atoms with Crippen molar-refractivity contribution in [1.82, 2.24) is 5.32 Å². The summed E-state index contributed by atoms with van der Waals surface area (Å²) in [5.74, 6) is 1.79. The lowest BCUT2D eigenvalue weighted by molar-refractivity contribution is 0.161. The minimum atomic E-state index is 0.147. The molecule has 0 saturated heterocycles. The van der Waals surface area contributed by atoms with E-state index in [2.05, 4.69) is 18.3 Å². The second-order valence-electron chi connectivity index (χ2n) is 5.08. The van der Waals surface area contributed by atoms with Gasteiger partial charge in [-0.2, -0.15) is 0 Å². The lowest BCUT2D eigenvalue weighted by atomic mass is 10.0. The van der Waals surface area contributed by atoms with Gasteiger partial charge in [0.1, 0.15) is 18.1 Å². The molecule has 1 heterocycles. The fraction of sp³-hybridized carbons (Fsp3) is 0.412. The maximum Gasteiger partial charge on any atom is 0.129 e. The summed E-state index contributed by atoms with van der Waals surface area (Å²) in [6.45, 7) is 3.60. The van der Waals surface area contributed by atoms with Crippen molar-refractivity contribution < 1.29 is 9.15 Å². The first-order chi connectivity index (χ1) is 10.2. The van der Waals surface area contributed by atoms with Gasteiger partial charge >= 0.3 is 0 Å². The first-order valence-corrected chi connectivity index (χ1v) is 7.66. The lowest BCUT2D eigenvalue weighted by Crippen LogP contribution is -2.23. The van der Waals surface area contributed by atoms with Gasteiger partial charge in [0.2, 0.25) is 0 Å². The Bertz CT molecular complexity index is 553. The SMILES string of the molecule is CCCNC(Cc1cccc(Cl)c1)c1ccc(COC)o1. The molecule has 2 aromatic rings. The van der Waals surface area contributed by atoms with Gasteiger partial charge in [0.05, 0.1) is 6.04 Å². The van der Waals surface area contributed by atoms with Crippen LogP contribution in [0.3, 0.4) is 0 Å². The second kappa shape index (κ2) is 8.23. The van der Waals surface area contributed by atoms with Gasteiger partial charge in [-0.05, 0) is 49.2 Å². The molecule has 1 N–H and O–H groups in total. The molecule has 3 nitrogen and oxygen atoms in total. The topological polar surface area (TPSA) is 34.4 Å². The van der Waals surface area contributed by atoms with Gasteiger partial charge in [0.15, 0.2) is 0 Å². The average molecular weight is 308 g/mol. The third kappa shape index (κ3) is 4.88. The van der Waals surface area contributed by atoms with Gasteiger partial charge in [-0.3, -0.25) is 0 Å². The summed E-state index contributed by atoms with van der Waals surface area (Å²) in [4.78, 5) is 0. The molecule has 114 valence electrons.